The molecule has 0 aliphatic heterocycles. The van der Waals surface area contributed by atoms with Crippen molar-refractivity contribution in [2.24, 2.45) is 0 Å². The molecule has 0 radical (unpaired) electrons. The summed E-state index contributed by atoms with van der Waals surface area (Å²) in [6, 6.07) is 13.0. The Hall–Kier alpha value is -1.60. The molecule has 0 saturated carbocycles. The second kappa shape index (κ2) is 6.03. The third-order valence-electron chi connectivity index (χ3n) is 4.73. The first-order chi connectivity index (χ1) is 10.2. The third kappa shape index (κ3) is 2.75. The van der Waals surface area contributed by atoms with E-state index in [1.54, 1.807) is 0 Å². The first-order valence-electron chi connectivity index (χ1n) is 8.14. The summed E-state index contributed by atoms with van der Waals surface area (Å²) in [4.78, 5) is 0. The number of aliphatic hydroxyl groups is 1. The molecule has 3 rings (SSSR count). The minimum atomic E-state index is -0.502. The van der Waals surface area contributed by atoms with Gasteiger partial charge in [-0.2, -0.15) is 0 Å². The van der Waals surface area contributed by atoms with Gasteiger partial charge in [0.1, 0.15) is 6.10 Å². The number of rotatable bonds is 4. The topological polar surface area (TPSA) is 20.2 Å². The highest BCUT2D eigenvalue weighted by atomic mass is 16.3. The minimum Gasteiger partial charge on any atom is -0.384 e. The normalized spacial score (nSPS) is 15.0. The average molecular weight is 280 g/mol. The number of aryl methyl sites for hydroxylation is 4. The van der Waals surface area contributed by atoms with Crippen molar-refractivity contribution in [3.63, 3.8) is 0 Å². The molecule has 0 heterocycles. The molecule has 110 valence electrons. The van der Waals surface area contributed by atoms with E-state index in [1.807, 2.05) is 0 Å². The second-order valence-electron chi connectivity index (χ2n) is 6.02. The molecule has 0 bridgehead atoms. The Labute approximate surface area is 127 Å². The van der Waals surface area contributed by atoms with Gasteiger partial charge in [-0.1, -0.05) is 50.2 Å². The van der Waals surface area contributed by atoms with Crippen LogP contribution in [0, 0.1) is 0 Å². The van der Waals surface area contributed by atoms with Crippen molar-refractivity contribution in [3.05, 3.63) is 69.8 Å². The summed E-state index contributed by atoms with van der Waals surface area (Å²) in [6.45, 7) is 4.31. The van der Waals surface area contributed by atoms with Crippen LogP contribution in [0.3, 0.4) is 0 Å². The van der Waals surface area contributed by atoms with E-state index >= 15 is 0 Å². The number of hydrogen-bond acceptors (Lipinski definition) is 1. The van der Waals surface area contributed by atoms with Crippen molar-refractivity contribution in [1.82, 2.24) is 0 Å². The monoisotopic (exact) mass is 280 g/mol. The molecule has 2 aromatic carbocycles. The van der Waals surface area contributed by atoms with E-state index in [4.69, 9.17) is 0 Å². The van der Waals surface area contributed by atoms with Crippen molar-refractivity contribution in [2.75, 3.05) is 0 Å². The van der Waals surface area contributed by atoms with E-state index in [9.17, 15) is 5.11 Å². The Morgan fingerprint density at radius 1 is 0.952 bits per heavy atom. The van der Waals surface area contributed by atoms with Gasteiger partial charge in [0.25, 0.3) is 0 Å². The second-order valence-corrected chi connectivity index (χ2v) is 6.02. The standard InChI is InChI=1S/C20H24O/c1-3-14-8-9-15(4-2)19(12-14)20(21)18-11-10-16-6-5-7-17(16)13-18/h8-13,20-21H,3-7H2,1-2H3. The van der Waals surface area contributed by atoms with Crippen molar-refractivity contribution in [3.8, 4) is 0 Å². The zero-order chi connectivity index (χ0) is 14.8. The fourth-order valence-corrected chi connectivity index (χ4v) is 3.38. The molecule has 0 saturated heterocycles. The zero-order valence-corrected chi connectivity index (χ0v) is 13.0. The molecule has 21 heavy (non-hydrogen) atoms. The van der Waals surface area contributed by atoms with Crippen LogP contribution in [-0.4, -0.2) is 5.11 Å². The predicted molar refractivity (Wildman–Crippen MR) is 87.7 cm³/mol. The Bertz CT molecular complexity index is 642. The highest BCUT2D eigenvalue weighted by Crippen LogP contribution is 2.30. The first kappa shape index (κ1) is 14.3. The van der Waals surface area contributed by atoms with Gasteiger partial charge in [-0.25, -0.2) is 0 Å². The summed E-state index contributed by atoms with van der Waals surface area (Å²) in [5.74, 6) is 0. The van der Waals surface area contributed by atoms with E-state index in [2.05, 4.69) is 50.2 Å². The van der Waals surface area contributed by atoms with E-state index in [0.717, 1.165) is 30.4 Å². The molecular formula is C20H24O. The maximum Gasteiger partial charge on any atom is 0.104 e. The van der Waals surface area contributed by atoms with Gasteiger partial charge in [0.2, 0.25) is 0 Å². The fraction of sp³-hybridized carbons (Fsp3) is 0.400. The summed E-state index contributed by atoms with van der Waals surface area (Å²) >= 11 is 0. The van der Waals surface area contributed by atoms with Gasteiger partial charge >= 0.3 is 0 Å². The molecule has 0 fully saturated rings. The maximum absolute atomic E-state index is 10.9. The van der Waals surface area contributed by atoms with E-state index in [-0.39, 0.29) is 0 Å². The quantitative estimate of drug-likeness (QED) is 0.881. The molecule has 1 aliphatic carbocycles. The van der Waals surface area contributed by atoms with E-state index in [1.165, 1.54) is 35.1 Å². The smallest absolute Gasteiger partial charge is 0.104 e. The van der Waals surface area contributed by atoms with E-state index < -0.39 is 6.10 Å². The van der Waals surface area contributed by atoms with Crippen LogP contribution < -0.4 is 0 Å². The predicted octanol–water partition coefficient (Wildman–Crippen LogP) is 4.38. The Kier molecular flexibility index (Phi) is 4.12. The Morgan fingerprint density at radius 2 is 1.76 bits per heavy atom. The van der Waals surface area contributed by atoms with Gasteiger partial charge in [-0.15, -0.1) is 0 Å². The van der Waals surface area contributed by atoms with Crippen molar-refractivity contribution in [1.29, 1.82) is 0 Å². The number of aliphatic hydroxyl groups excluding tert-OH is 1. The maximum atomic E-state index is 10.9. The molecular weight excluding hydrogens is 256 g/mol. The van der Waals surface area contributed by atoms with Crippen molar-refractivity contribution in [2.45, 2.75) is 52.1 Å². The van der Waals surface area contributed by atoms with Crippen molar-refractivity contribution >= 4 is 0 Å². The van der Waals surface area contributed by atoms with Crippen molar-refractivity contribution < 1.29 is 5.11 Å². The summed E-state index contributed by atoms with van der Waals surface area (Å²) in [6.07, 6.45) is 5.07. The summed E-state index contributed by atoms with van der Waals surface area (Å²) in [7, 11) is 0. The molecule has 1 N–H and O–H groups in total. The van der Waals surface area contributed by atoms with Crippen LogP contribution in [0.4, 0.5) is 0 Å². The van der Waals surface area contributed by atoms with Gasteiger partial charge in [0, 0.05) is 0 Å². The lowest BCUT2D eigenvalue weighted by atomic mass is 9.92. The van der Waals surface area contributed by atoms with Crippen LogP contribution in [0.5, 0.6) is 0 Å². The highest BCUT2D eigenvalue weighted by molar-refractivity contribution is 5.42. The lowest BCUT2D eigenvalue weighted by Crippen LogP contribution is -2.05. The molecule has 0 amide bonds. The molecule has 1 heteroatoms. The minimum absolute atomic E-state index is 0.502. The molecule has 1 unspecified atom stereocenters. The summed E-state index contributed by atoms with van der Waals surface area (Å²) in [5.41, 5.74) is 7.55. The molecule has 1 aliphatic rings. The number of benzene rings is 2. The van der Waals surface area contributed by atoms with Crippen LogP contribution >= 0.6 is 0 Å². The highest BCUT2D eigenvalue weighted by Gasteiger charge is 2.18. The van der Waals surface area contributed by atoms with Gasteiger partial charge in [0.05, 0.1) is 0 Å². The van der Waals surface area contributed by atoms with Crippen LogP contribution in [-0.2, 0) is 25.7 Å². The number of hydrogen-bond donors (Lipinski definition) is 1. The lowest BCUT2D eigenvalue weighted by molar-refractivity contribution is 0.219. The first-order valence-corrected chi connectivity index (χ1v) is 8.14. The summed E-state index contributed by atoms with van der Waals surface area (Å²) in [5, 5.41) is 10.9. The largest absolute Gasteiger partial charge is 0.384 e. The van der Waals surface area contributed by atoms with Gasteiger partial charge in [0.15, 0.2) is 0 Å². The van der Waals surface area contributed by atoms with Crippen LogP contribution in [0.2, 0.25) is 0 Å². The molecule has 2 aromatic rings. The van der Waals surface area contributed by atoms with Gasteiger partial charge < -0.3 is 5.11 Å². The molecule has 1 atom stereocenters. The molecule has 1 nitrogen and oxygen atoms in total. The van der Waals surface area contributed by atoms with Crippen LogP contribution in [0.1, 0.15) is 59.8 Å². The van der Waals surface area contributed by atoms with Crippen LogP contribution in [0.15, 0.2) is 36.4 Å². The Balaban J connectivity index is 1.99. The molecule has 0 aromatic heterocycles. The Morgan fingerprint density at radius 3 is 2.52 bits per heavy atom. The number of fused-ring (bicyclic) bond motifs is 1. The van der Waals surface area contributed by atoms with Crippen LogP contribution in [0.25, 0.3) is 0 Å². The summed E-state index contributed by atoms with van der Waals surface area (Å²) < 4.78 is 0. The molecule has 0 spiro atoms. The van der Waals surface area contributed by atoms with Gasteiger partial charge in [-0.3, -0.25) is 0 Å². The van der Waals surface area contributed by atoms with Gasteiger partial charge in [-0.05, 0) is 65.5 Å². The lowest BCUT2D eigenvalue weighted by Gasteiger charge is -2.17. The van der Waals surface area contributed by atoms with E-state index in [0.29, 0.717) is 0 Å². The zero-order valence-electron chi connectivity index (χ0n) is 13.0. The SMILES string of the molecule is CCc1ccc(CC)c(C(O)c2ccc3c(c2)CCC3)c1. The third-order valence-corrected chi connectivity index (χ3v) is 4.73. The fourth-order valence-electron chi connectivity index (χ4n) is 3.38. The average Bonchev–Trinajstić information content (AvgIpc) is 3.01.